The highest BCUT2D eigenvalue weighted by molar-refractivity contribution is 7.86. The smallest absolute Gasteiger partial charge is 0.326 e. The van der Waals surface area contributed by atoms with E-state index >= 15 is 0 Å². The number of carbonyl (C=O) groups excluding carboxylic acids is 4. The summed E-state index contributed by atoms with van der Waals surface area (Å²) in [6.45, 7) is 11.7. The number of nitrogens with one attached hydrogen (secondary N) is 3. The van der Waals surface area contributed by atoms with Crippen molar-refractivity contribution in [3.8, 4) is 5.75 Å². The number of rotatable bonds is 38. The molecule has 0 saturated heterocycles. The van der Waals surface area contributed by atoms with Crippen molar-refractivity contribution in [1.82, 2.24) is 16.0 Å². The second kappa shape index (κ2) is 34.5. The van der Waals surface area contributed by atoms with Crippen LogP contribution in [0.25, 0.3) is 0 Å². The molecule has 3 amide bonds. The van der Waals surface area contributed by atoms with Crippen LogP contribution < -0.4 is 25.6 Å². The number of hydrogen-bond donors (Lipinski definition) is 7. The van der Waals surface area contributed by atoms with Gasteiger partial charge in [0, 0.05) is 86.3 Å². The van der Waals surface area contributed by atoms with Crippen molar-refractivity contribution in [2.45, 2.75) is 141 Å². The van der Waals surface area contributed by atoms with Gasteiger partial charge in [-0.25, -0.2) is 9.59 Å². The molecule has 0 saturated carbocycles. The number of carboxylic acids is 2. The number of anilines is 1. The van der Waals surface area contributed by atoms with Gasteiger partial charge in [0.25, 0.3) is 20.2 Å². The number of para-hydroxylation sites is 2. The highest BCUT2D eigenvalue weighted by Gasteiger charge is 2.44. The Morgan fingerprint density at radius 2 is 1.32 bits per heavy atom. The lowest BCUT2D eigenvalue weighted by Crippen LogP contribution is -2.46. The third-order valence-electron chi connectivity index (χ3n) is 17.2. The average molecular weight is 1350 g/mol. The standard InChI is InChI=1S/C71H89N5O17S2/c1-6-72-69(84)74-58(68(82)83)34-31-54(77)22-15-40-91-42-43-92-41-37-65(79)73-59(47-49-18-8-7-9-19-49)62(78)48-53(67(80)81)46-50-27-32-55(33-28-50)93-66-51(29-35-63-70(2,3)56-23-10-12-25-60(56)75(63)38-16-44-94(85,86)87)20-14-21-52(66)30-36-64-71(4,5)57-24-11-13-26-61(57)76(64)39-17-45-95(88,89)90/h7-13,18-19,23-30,32-33,35-36,53,58-59H,6,14-17,20-22,31,34,37-48H2,1-5H3,(H6-,72,73,74,79,80,81,82,83,84,85,86,87,88,89,90)/p+1/t53-,58+,59+/m1/s1. The molecule has 2 heterocycles. The molecule has 24 heteroatoms. The first kappa shape index (κ1) is 74.3. The summed E-state index contributed by atoms with van der Waals surface area (Å²) in [5.41, 5.74) is 7.94. The number of amides is 3. The highest BCUT2D eigenvalue weighted by atomic mass is 32.2. The number of carbonyl (C=O) groups is 6. The van der Waals surface area contributed by atoms with Crippen molar-refractivity contribution in [3.63, 3.8) is 0 Å². The third-order valence-corrected chi connectivity index (χ3v) is 18.8. The maximum absolute atomic E-state index is 14.2. The number of ether oxygens (including phenoxy) is 3. The fourth-order valence-electron chi connectivity index (χ4n) is 12.3. The zero-order valence-electron chi connectivity index (χ0n) is 54.7. The molecule has 7 N–H and O–H groups in total. The molecule has 4 aromatic rings. The van der Waals surface area contributed by atoms with Gasteiger partial charge in [0.15, 0.2) is 11.5 Å². The quantitative estimate of drug-likeness (QED) is 0.0125. The van der Waals surface area contributed by atoms with Crippen LogP contribution >= 0.6 is 0 Å². The average Bonchev–Trinajstić information content (AvgIpc) is 1.60. The zero-order valence-corrected chi connectivity index (χ0v) is 56.4. The van der Waals surface area contributed by atoms with Gasteiger partial charge in [0.05, 0.1) is 48.7 Å². The minimum Gasteiger partial charge on any atom is -0.481 e. The lowest BCUT2D eigenvalue weighted by Gasteiger charge is -2.27. The van der Waals surface area contributed by atoms with E-state index in [0.717, 1.165) is 57.0 Å². The topological polar surface area (TPSA) is 322 Å². The van der Waals surface area contributed by atoms with E-state index in [-0.39, 0.29) is 90.0 Å². The first-order valence-electron chi connectivity index (χ1n) is 32.3. The second-order valence-corrected chi connectivity index (χ2v) is 28.2. The Morgan fingerprint density at radius 3 is 2.00 bits per heavy atom. The molecule has 3 aliphatic rings. The summed E-state index contributed by atoms with van der Waals surface area (Å²) in [5, 5.41) is 27.6. The van der Waals surface area contributed by atoms with E-state index in [1.54, 1.807) is 43.3 Å². The van der Waals surface area contributed by atoms with Crippen molar-refractivity contribution in [3.05, 3.63) is 172 Å². The van der Waals surface area contributed by atoms with Gasteiger partial charge in [-0.05, 0) is 130 Å². The molecule has 0 bridgehead atoms. The van der Waals surface area contributed by atoms with E-state index in [0.29, 0.717) is 56.0 Å². The number of Topliss-reactive ketones (excluding diaryl/α,β-unsaturated/α-hetero) is 2. The molecular formula is C71H90N5O17S2+. The summed E-state index contributed by atoms with van der Waals surface area (Å²) in [7, 11) is -8.42. The Bertz CT molecular complexity index is 3780. The molecule has 512 valence electrons. The fourth-order valence-corrected chi connectivity index (χ4v) is 13.3. The van der Waals surface area contributed by atoms with Gasteiger partial charge < -0.3 is 45.3 Å². The van der Waals surface area contributed by atoms with Gasteiger partial charge in [0.1, 0.15) is 29.9 Å². The molecule has 22 nitrogen and oxygen atoms in total. The second-order valence-electron chi connectivity index (χ2n) is 25.1. The summed E-state index contributed by atoms with van der Waals surface area (Å²) in [6.07, 6.45) is 10.6. The maximum atomic E-state index is 14.2. The fraction of sp³-hybridized carbons (Fsp3) is 0.451. The Hall–Kier alpha value is -8.13. The van der Waals surface area contributed by atoms with Gasteiger partial charge in [-0.3, -0.25) is 28.3 Å². The summed E-state index contributed by atoms with van der Waals surface area (Å²) in [4.78, 5) is 78.2. The van der Waals surface area contributed by atoms with Crippen molar-refractivity contribution >= 4 is 72.8 Å². The molecule has 3 atom stereocenters. The number of benzene rings is 4. The number of ketones is 2. The normalized spacial score (nSPS) is 16.9. The Labute approximate surface area is 557 Å². The number of nitrogens with zero attached hydrogens (tertiary/aromatic N) is 2. The number of fused-ring (bicyclic) bond motifs is 2. The monoisotopic (exact) mass is 1350 g/mol. The molecule has 0 aromatic heterocycles. The minimum atomic E-state index is -4.21. The maximum Gasteiger partial charge on any atom is 0.326 e. The van der Waals surface area contributed by atoms with Gasteiger partial charge >= 0.3 is 18.0 Å². The summed E-state index contributed by atoms with van der Waals surface area (Å²) in [6, 6.07) is 29.1. The van der Waals surface area contributed by atoms with Gasteiger partial charge in [0.2, 0.25) is 11.6 Å². The van der Waals surface area contributed by atoms with Crippen LogP contribution in [0.1, 0.15) is 128 Å². The van der Waals surface area contributed by atoms with Crippen LogP contribution in [0.3, 0.4) is 0 Å². The van der Waals surface area contributed by atoms with Crippen molar-refractivity contribution in [2.75, 3.05) is 62.5 Å². The Kier molecular flexibility index (Phi) is 27.0. The third kappa shape index (κ3) is 22.0. The van der Waals surface area contributed by atoms with Crippen LogP contribution in [0.5, 0.6) is 5.75 Å². The molecule has 4 aromatic carbocycles. The summed E-state index contributed by atoms with van der Waals surface area (Å²) in [5.74, 6) is -4.45. The zero-order chi connectivity index (χ0) is 68.9. The van der Waals surface area contributed by atoms with Crippen LogP contribution in [0.2, 0.25) is 0 Å². The van der Waals surface area contributed by atoms with E-state index in [2.05, 4.69) is 65.3 Å². The van der Waals surface area contributed by atoms with E-state index in [9.17, 15) is 64.9 Å². The molecule has 0 spiro atoms. The van der Waals surface area contributed by atoms with Crippen LogP contribution in [0.15, 0.2) is 150 Å². The number of urea groups is 1. The molecular weight excluding hydrogens is 1260 g/mol. The molecule has 0 radical (unpaired) electrons. The van der Waals surface area contributed by atoms with Crippen molar-refractivity contribution < 1.29 is 83.7 Å². The predicted molar refractivity (Wildman–Crippen MR) is 361 cm³/mol. The Morgan fingerprint density at radius 1 is 0.663 bits per heavy atom. The van der Waals surface area contributed by atoms with Crippen LogP contribution in [0, 0.1) is 5.92 Å². The number of hydrogen-bond acceptors (Lipinski definition) is 14. The number of aliphatic carboxylic acids is 2. The molecule has 95 heavy (non-hydrogen) atoms. The largest absolute Gasteiger partial charge is 0.481 e. The Balaban J connectivity index is 1.05. The number of carboxylic acid groups (broad SMARTS) is 2. The van der Waals surface area contributed by atoms with E-state index < -0.39 is 90.2 Å². The van der Waals surface area contributed by atoms with Crippen molar-refractivity contribution in [1.29, 1.82) is 0 Å². The summed E-state index contributed by atoms with van der Waals surface area (Å²) < 4.78 is 87.0. The van der Waals surface area contributed by atoms with E-state index in [4.69, 9.17) is 14.2 Å². The van der Waals surface area contributed by atoms with Crippen LogP contribution in [-0.2, 0) is 77.4 Å². The SMILES string of the molecule is CCNC(=O)N[C@@H](CCC(=O)CCCOCCOCCC(=O)N[C@@H](Cc1ccccc1)C(=O)C[C@@H](Cc1ccc(OC2=C(C=CC3=[N+](CCCS(=O)(=O)O)c4ccccc4C3(C)C)CCCC2=CC=C2N(CCCS(=O)(=O)O)c3ccccc3C2(C)C)cc1)C(=O)O)C(=O)O. The van der Waals surface area contributed by atoms with Gasteiger partial charge in [-0.2, -0.15) is 21.4 Å². The van der Waals surface area contributed by atoms with Gasteiger partial charge in [-0.1, -0.05) is 98.8 Å². The predicted octanol–water partition coefficient (Wildman–Crippen LogP) is 9.56. The summed E-state index contributed by atoms with van der Waals surface area (Å²) >= 11 is 0. The molecule has 0 unspecified atom stereocenters. The minimum absolute atomic E-state index is 0.00354. The molecule has 1 aliphatic carbocycles. The molecule has 7 rings (SSSR count). The molecule has 2 aliphatic heterocycles. The van der Waals surface area contributed by atoms with E-state index in [1.165, 1.54) is 0 Å². The van der Waals surface area contributed by atoms with Crippen LogP contribution in [0.4, 0.5) is 16.2 Å². The first-order chi connectivity index (χ1) is 45.1. The lowest BCUT2D eigenvalue weighted by atomic mass is 9.81. The number of allylic oxidation sites excluding steroid dienone is 7. The lowest BCUT2D eigenvalue weighted by molar-refractivity contribution is -0.437. The van der Waals surface area contributed by atoms with Gasteiger partial charge in [-0.15, -0.1) is 0 Å². The van der Waals surface area contributed by atoms with Crippen LogP contribution in [-0.4, -0.2) is 152 Å². The van der Waals surface area contributed by atoms with Crippen molar-refractivity contribution in [2.24, 2.45) is 5.92 Å². The first-order valence-corrected chi connectivity index (χ1v) is 35.5. The van der Waals surface area contributed by atoms with E-state index in [1.807, 2.05) is 78.9 Å². The highest BCUT2D eigenvalue weighted by Crippen LogP contribution is 2.48. The molecule has 0 fully saturated rings.